The summed E-state index contributed by atoms with van der Waals surface area (Å²) in [7, 11) is 0. The van der Waals surface area contributed by atoms with Crippen molar-refractivity contribution >= 4 is 17.1 Å². The van der Waals surface area contributed by atoms with Gasteiger partial charge in [-0.2, -0.15) is 0 Å². The van der Waals surface area contributed by atoms with Gasteiger partial charge < -0.3 is 14.2 Å². The lowest BCUT2D eigenvalue weighted by Crippen LogP contribution is -2.23. The number of anilines is 2. The van der Waals surface area contributed by atoms with Gasteiger partial charge in [-0.1, -0.05) is 11.2 Å². The number of hydrogen-bond donors (Lipinski definition) is 0. The summed E-state index contributed by atoms with van der Waals surface area (Å²) >= 11 is 0. The van der Waals surface area contributed by atoms with Crippen molar-refractivity contribution in [2.75, 3.05) is 29.7 Å². The molecule has 3 aromatic rings. The van der Waals surface area contributed by atoms with Crippen LogP contribution in [-0.4, -0.2) is 35.9 Å². The maximum absolute atomic E-state index is 6.25. The number of benzene rings is 1. The van der Waals surface area contributed by atoms with Gasteiger partial charge in [0.1, 0.15) is 11.8 Å². The number of aromatic nitrogens is 2. The Balaban J connectivity index is 1.50. The van der Waals surface area contributed by atoms with Crippen molar-refractivity contribution in [2.45, 2.75) is 33.3 Å². The summed E-state index contributed by atoms with van der Waals surface area (Å²) in [5, 5.41) is 5.85. The largest absolute Gasteiger partial charge is 0.478 e. The van der Waals surface area contributed by atoms with Crippen molar-refractivity contribution in [1.82, 2.24) is 10.1 Å². The van der Waals surface area contributed by atoms with Crippen LogP contribution in [0.3, 0.4) is 0 Å². The fourth-order valence-corrected chi connectivity index (χ4v) is 3.57. The van der Waals surface area contributed by atoms with Gasteiger partial charge in [-0.25, -0.2) is 10.0 Å². The van der Waals surface area contributed by atoms with E-state index in [0.717, 1.165) is 30.2 Å². The van der Waals surface area contributed by atoms with Crippen LogP contribution in [0.1, 0.15) is 31.7 Å². The summed E-state index contributed by atoms with van der Waals surface area (Å²) in [4.78, 5) is 12.8. The summed E-state index contributed by atoms with van der Waals surface area (Å²) in [5.41, 5.74) is 3.80. The van der Waals surface area contributed by atoms with Crippen LogP contribution in [0.25, 0.3) is 5.70 Å². The molecule has 7 nitrogen and oxygen atoms in total. The molecule has 1 unspecified atom stereocenters. The monoisotopic (exact) mass is 420 g/mol. The quantitative estimate of drug-likeness (QED) is 0.490. The highest BCUT2D eigenvalue weighted by Crippen LogP contribution is 2.35. The van der Waals surface area contributed by atoms with Crippen LogP contribution in [0, 0.1) is 6.92 Å². The molecule has 2 aromatic heterocycles. The van der Waals surface area contributed by atoms with Crippen molar-refractivity contribution < 1.29 is 14.1 Å². The first-order valence-corrected chi connectivity index (χ1v) is 10.7. The molecule has 0 fully saturated rings. The molecular weight excluding hydrogens is 392 g/mol. The molecule has 3 heterocycles. The number of nitrogens with zero attached hydrogens (tertiary/aromatic N) is 4. The standard InChI is InChI=1S/C24H28N4O3/c1-4-27(5-2)19-9-11-20(12-10-19)28-22(23-16-18(3)26-30-23)17-21(31-28)13-15-29-24-8-6-7-14-25-24/h6-12,14,16-17,21H,4-5,13,15H2,1-3H3. The van der Waals surface area contributed by atoms with Gasteiger partial charge in [0.15, 0.2) is 5.76 Å². The highest BCUT2D eigenvalue weighted by atomic mass is 16.7. The Morgan fingerprint density at radius 2 is 1.90 bits per heavy atom. The first kappa shape index (κ1) is 20.9. The van der Waals surface area contributed by atoms with Crippen LogP contribution >= 0.6 is 0 Å². The van der Waals surface area contributed by atoms with Crippen molar-refractivity contribution in [2.24, 2.45) is 0 Å². The van der Waals surface area contributed by atoms with Crippen molar-refractivity contribution in [3.63, 3.8) is 0 Å². The number of aryl methyl sites for hydroxylation is 1. The Kier molecular flexibility index (Phi) is 6.52. The Morgan fingerprint density at radius 1 is 1.10 bits per heavy atom. The molecule has 0 saturated heterocycles. The molecule has 0 saturated carbocycles. The van der Waals surface area contributed by atoms with Gasteiger partial charge >= 0.3 is 0 Å². The molecular formula is C24H28N4O3. The minimum Gasteiger partial charge on any atom is -0.478 e. The van der Waals surface area contributed by atoms with Crippen LogP contribution in [-0.2, 0) is 4.84 Å². The van der Waals surface area contributed by atoms with Gasteiger partial charge in [-0.15, -0.1) is 0 Å². The summed E-state index contributed by atoms with van der Waals surface area (Å²) in [6.45, 7) is 8.66. The molecule has 0 spiro atoms. The summed E-state index contributed by atoms with van der Waals surface area (Å²) < 4.78 is 11.3. The molecule has 31 heavy (non-hydrogen) atoms. The van der Waals surface area contributed by atoms with Gasteiger partial charge in [0.2, 0.25) is 5.88 Å². The molecule has 4 rings (SSSR count). The third kappa shape index (κ3) is 4.88. The average molecular weight is 421 g/mol. The maximum atomic E-state index is 6.25. The molecule has 0 aliphatic carbocycles. The van der Waals surface area contributed by atoms with E-state index in [1.165, 1.54) is 5.69 Å². The molecule has 0 bridgehead atoms. The molecule has 1 atom stereocenters. The normalized spacial score (nSPS) is 15.8. The molecule has 1 aliphatic rings. The highest BCUT2D eigenvalue weighted by molar-refractivity contribution is 5.77. The smallest absolute Gasteiger partial charge is 0.213 e. The minimum absolute atomic E-state index is 0.147. The topological polar surface area (TPSA) is 63.9 Å². The Morgan fingerprint density at radius 3 is 2.55 bits per heavy atom. The van der Waals surface area contributed by atoms with Crippen molar-refractivity contribution in [3.8, 4) is 5.88 Å². The average Bonchev–Trinajstić information content (AvgIpc) is 3.42. The van der Waals surface area contributed by atoms with Crippen LogP contribution < -0.4 is 14.7 Å². The second-order valence-electron chi connectivity index (χ2n) is 7.32. The molecule has 0 radical (unpaired) electrons. The third-order valence-electron chi connectivity index (χ3n) is 5.19. The van der Waals surface area contributed by atoms with E-state index in [9.17, 15) is 0 Å². The fourth-order valence-electron chi connectivity index (χ4n) is 3.57. The van der Waals surface area contributed by atoms with Gasteiger partial charge in [0, 0.05) is 43.5 Å². The zero-order valence-corrected chi connectivity index (χ0v) is 18.2. The SMILES string of the molecule is CCN(CC)c1ccc(N2OC(CCOc3ccccn3)C=C2c2cc(C)no2)cc1. The van der Waals surface area contributed by atoms with Crippen molar-refractivity contribution in [1.29, 1.82) is 0 Å². The lowest BCUT2D eigenvalue weighted by molar-refractivity contribution is 0.0856. The highest BCUT2D eigenvalue weighted by Gasteiger charge is 2.29. The second-order valence-corrected chi connectivity index (χ2v) is 7.32. The van der Waals surface area contributed by atoms with Crippen LogP contribution in [0.5, 0.6) is 5.88 Å². The van der Waals surface area contributed by atoms with Gasteiger partial charge in [0.25, 0.3) is 0 Å². The third-order valence-corrected chi connectivity index (χ3v) is 5.19. The van der Waals surface area contributed by atoms with Crippen LogP contribution in [0.4, 0.5) is 11.4 Å². The predicted octanol–water partition coefficient (Wildman–Crippen LogP) is 4.85. The number of pyridine rings is 1. The van der Waals surface area contributed by atoms with E-state index in [4.69, 9.17) is 14.1 Å². The summed E-state index contributed by atoms with van der Waals surface area (Å²) in [5.74, 6) is 1.29. The summed E-state index contributed by atoms with van der Waals surface area (Å²) in [6, 6.07) is 15.9. The van der Waals surface area contributed by atoms with E-state index in [1.54, 1.807) is 6.20 Å². The summed E-state index contributed by atoms with van der Waals surface area (Å²) in [6.07, 6.45) is 4.31. The Hall–Kier alpha value is -3.32. The van der Waals surface area contributed by atoms with E-state index >= 15 is 0 Å². The second kappa shape index (κ2) is 9.66. The Labute approximate surface area is 182 Å². The maximum Gasteiger partial charge on any atom is 0.213 e. The minimum atomic E-state index is -0.147. The first-order valence-electron chi connectivity index (χ1n) is 10.7. The van der Waals surface area contributed by atoms with Gasteiger partial charge in [-0.3, -0.25) is 4.84 Å². The predicted molar refractivity (Wildman–Crippen MR) is 121 cm³/mol. The molecule has 0 N–H and O–H groups in total. The Bertz CT molecular complexity index is 997. The first-order chi connectivity index (χ1) is 15.2. The molecule has 162 valence electrons. The lowest BCUT2D eigenvalue weighted by Gasteiger charge is -2.24. The van der Waals surface area contributed by atoms with Gasteiger partial charge in [-0.05, 0) is 57.2 Å². The number of ether oxygens (including phenoxy) is 1. The molecule has 0 amide bonds. The molecule has 1 aromatic carbocycles. The van der Waals surface area contributed by atoms with E-state index in [2.05, 4.69) is 59.2 Å². The van der Waals surface area contributed by atoms with E-state index < -0.39 is 0 Å². The van der Waals surface area contributed by atoms with Gasteiger partial charge in [0.05, 0.1) is 18.0 Å². The zero-order valence-electron chi connectivity index (χ0n) is 18.2. The van der Waals surface area contributed by atoms with Crippen LogP contribution in [0.15, 0.2) is 65.3 Å². The van der Waals surface area contributed by atoms with Crippen LogP contribution in [0.2, 0.25) is 0 Å². The fraction of sp³-hybridized carbons (Fsp3) is 0.333. The van der Waals surface area contributed by atoms with E-state index in [-0.39, 0.29) is 6.10 Å². The number of hydroxylamine groups is 1. The lowest BCUT2D eigenvalue weighted by atomic mass is 10.2. The molecule has 7 heteroatoms. The number of rotatable bonds is 9. The van der Waals surface area contributed by atoms with Crippen molar-refractivity contribution in [3.05, 3.63) is 72.3 Å². The van der Waals surface area contributed by atoms with E-state index in [1.807, 2.05) is 36.3 Å². The van der Waals surface area contributed by atoms with E-state index in [0.29, 0.717) is 24.7 Å². The number of hydrogen-bond acceptors (Lipinski definition) is 7. The molecule has 1 aliphatic heterocycles. The zero-order chi connectivity index (χ0) is 21.6.